The Bertz CT molecular complexity index is 582. The smallest absolute Gasteiger partial charge is 0.162 e. The summed E-state index contributed by atoms with van der Waals surface area (Å²) < 4.78 is 26.7. The molecule has 0 spiro atoms. The fourth-order valence-corrected chi connectivity index (χ4v) is 2.03. The molecule has 2 nitrogen and oxygen atoms in total. The van der Waals surface area contributed by atoms with Crippen molar-refractivity contribution in [1.29, 1.82) is 0 Å². The van der Waals surface area contributed by atoms with Gasteiger partial charge in [0.25, 0.3) is 0 Å². The predicted molar refractivity (Wildman–Crippen MR) is 75.8 cm³/mol. The molecule has 0 fully saturated rings. The molecule has 0 heterocycles. The van der Waals surface area contributed by atoms with Gasteiger partial charge in [0.15, 0.2) is 11.6 Å². The summed E-state index contributed by atoms with van der Waals surface area (Å²) in [7, 11) is 3.85. The van der Waals surface area contributed by atoms with Crippen LogP contribution in [0.4, 0.5) is 14.5 Å². The van der Waals surface area contributed by atoms with Crippen molar-refractivity contribution in [2.75, 3.05) is 19.0 Å². The standard InChI is InChI=1S/C16H17F2NO/c1-19(2)13-8-6-11(7-9-13)15(20)10-12-4-3-5-14(17)16(12)18/h3-9,15,20H,10H2,1-2H3. The van der Waals surface area contributed by atoms with E-state index in [0.717, 1.165) is 11.8 Å². The molecule has 0 amide bonds. The van der Waals surface area contributed by atoms with Gasteiger partial charge < -0.3 is 10.0 Å². The number of anilines is 1. The zero-order chi connectivity index (χ0) is 14.7. The van der Waals surface area contributed by atoms with Crippen molar-refractivity contribution in [2.45, 2.75) is 12.5 Å². The number of benzene rings is 2. The van der Waals surface area contributed by atoms with Crippen molar-refractivity contribution in [3.63, 3.8) is 0 Å². The van der Waals surface area contributed by atoms with Crippen LogP contribution in [0, 0.1) is 11.6 Å². The molecule has 2 aromatic rings. The molecule has 20 heavy (non-hydrogen) atoms. The number of hydrogen-bond acceptors (Lipinski definition) is 2. The maximum Gasteiger partial charge on any atom is 0.162 e. The van der Waals surface area contributed by atoms with Crippen molar-refractivity contribution in [3.8, 4) is 0 Å². The normalized spacial score (nSPS) is 12.2. The van der Waals surface area contributed by atoms with Gasteiger partial charge >= 0.3 is 0 Å². The van der Waals surface area contributed by atoms with Crippen LogP contribution in [0.3, 0.4) is 0 Å². The van der Waals surface area contributed by atoms with Crippen LogP contribution < -0.4 is 4.90 Å². The third kappa shape index (κ3) is 3.14. The SMILES string of the molecule is CN(C)c1ccc(C(O)Cc2cccc(F)c2F)cc1. The number of nitrogens with zero attached hydrogens (tertiary/aromatic N) is 1. The highest BCUT2D eigenvalue weighted by atomic mass is 19.2. The Labute approximate surface area is 117 Å². The zero-order valence-corrected chi connectivity index (χ0v) is 11.5. The molecule has 0 aliphatic carbocycles. The molecule has 0 radical (unpaired) electrons. The second-order valence-electron chi connectivity index (χ2n) is 4.92. The first-order chi connectivity index (χ1) is 9.49. The van der Waals surface area contributed by atoms with Crippen molar-refractivity contribution >= 4 is 5.69 Å². The van der Waals surface area contributed by atoms with Gasteiger partial charge in [-0.2, -0.15) is 0 Å². The molecule has 106 valence electrons. The van der Waals surface area contributed by atoms with Crippen molar-refractivity contribution in [2.24, 2.45) is 0 Å². The van der Waals surface area contributed by atoms with Crippen LogP contribution in [0.5, 0.6) is 0 Å². The topological polar surface area (TPSA) is 23.5 Å². The third-order valence-corrected chi connectivity index (χ3v) is 3.24. The minimum absolute atomic E-state index is 0.0465. The maximum atomic E-state index is 13.6. The number of rotatable bonds is 4. The van der Waals surface area contributed by atoms with Gasteiger partial charge in [-0.15, -0.1) is 0 Å². The molecular formula is C16H17F2NO. The van der Waals surface area contributed by atoms with Gasteiger partial charge in [-0.1, -0.05) is 24.3 Å². The van der Waals surface area contributed by atoms with E-state index in [1.54, 1.807) is 12.1 Å². The summed E-state index contributed by atoms with van der Waals surface area (Å²) >= 11 is 0. The van der Waals surface area contributed by atoms with E-state index in [4.69, 9.17) is 0 Å². The second-order valence-corrected chi connectivity index (χ2v) is 4.92. The molecule has 0 aliphatic heterocycles. The first-order valence-corrected chi connectivity index (χ1v) is 6.37. The summed E-state index contributed by atoms with van der Waals surface area (Å²) in [4.78, 5) is 1.95. The molecule has 1 N–H and O–H groups in total. The number of hydrogen-bond donors (Lipinski definition) is 1. The average Bonchev–Trinajstić information content (AvgIpc) is 2.44. The Morgan fingerprint density at radius 3 is 2.30 bits per heavy atom. The summed E-state index contributed by atoms with van der Waals surface area (Å²) in [6, 6.07) is 11.3. The number of aliphatic hydroxyl groups excluding tert-OH is 1. The Hall–Kier alpha value is -1.94. The van der Waals surface area contributed by atoms with E-state index in [1.165, 1.54) is 12.1 Å². The van der Waals surface area contributed by atoms with Crippen LogP contribution in [-0.2, 0) is 6.42 Å². The summed E-state index contributed by atoms with van der Waals surface area (Å²) in [5, 5.41) is 10.1. The van der Waals surface area contributed by atoms with Gasteiger partial charge in [-0.25, -0.2) is 8.78 Å². The highest BCUT2D eigenvalue weighted by Crippen LogP contribution is 2.23. The van der Waals surface area contributed by atoms with Crippen LogP contribution in [0.1, 0.15) is 17.2 Å². The molecule has 0 aliphatic rings. The number of halogens is 2. The van der Waals surface area contributed by atoms with Gasteiger partial charge in [-0.3, -0.25) is 0 Å². The summed E-state index contributed by atoms with van der Waals surface area (Å²) in [6.45, 7) is 0. The molecular weight excluding hydrogens is 260 g/mol. The van der Waals surface area contributed by atoms with E-state index >= 15 is 0 Å². The lowest BCUT2D eigenvalue weighted by atomic mass is 10.0. The highest BCUT2D eigenvalue weighted by molar-refractivity contribution is 5.46. The molecule has 1 atom stereocenters. The Morgan fingerprint density at radius 2 is 1.70 bits per heavy atom. The van der Waals surface area contributed by atoms with E-state index in [-0.39, 0.29) is 12.0 Å². The van der Waals surface area contributed by atoms with Crippen LogP contribution in [0.25, 0.3) is 0 Å². The molecule has 2 aromatic carbocycles. The number of aliphatic hydroxyl groups is 1. The molecule has 2 rings (SSSR count). The van der Waals surface area contributed by atoms with Crippen LogP contribution >= 0.6 is 0 Å². The van der Waals surface area contributed by atoms with Crippen LogP contribution in [0.15, 0.2) is 42.5 Å². The third-order valence-electron chi connectivity index (χ3n) is 3.24. The van der Waals surface area contributed by atoms with E-state index in [1.807, 2.05) is 31.1 Å². The van der Waals surface area contributed by atoms with Crippen molar-refractivity contribution in [1.82, 2.24) is 0 Å². The minimum Gasteiger partial charge on any atom is -0.388 e. The molecule has 0 saturated heterocycles. The lowest BCUT2D eigenvalue weighted by Gasteiger charge is -2.15. The van der Waals surface area contributed by atoms with Gasteiger partial charge in [0, 0.05) is 26.2 Å². The summed E-state index contributed by atoms with van der Waals surface area (Å²) in [6.07, 6.45) is -0.812. The maximum absolute atomic E-state index is 13.6. The Balaban J connectivity index is 2.15. The lowest BCUT2D eigenvalue weighted by molar-refractivity contribution is 0.177. The fourth-order valence-electron chi connectivity index (χ4n) is 2.03. The quantitative estimate of drug-likeness (QED) is 0.927. The van der Waals surface area contributed by atoms with Gasteiger partial charge in [0.2, 0.25) is 0 Å². The monoisotopic (exact) mass is 277 g/mol. The van der Waals surface area contributed by atoms with Crippen molar-refractivity contribution < 1.29 is 13.9 Å². The van der Waals surface area contributed by atoms with Gasteiger partial charge in [0.1, 0.15) is 0 Å². The Morgan fingerprint density at radius 1 is 1.05 bits per heavy atom. The molecule has 0 saturated carbocycles. The first-order valence-electron chi connectivity index (χ1n) is 6.37. The zero-order valence-electron chi connectivity index (χ0n) is 11.5. The fraction of sp³-hybridized carbons (Fsp3) is 0.250. The largest absolute Gasteiger partial charge is 0.388 e. The molecule has 1 unspecified atom stereocenters. The first kappa shape index (κ1) is 14.5. The average molecular weight is 277 g/mol. The molecule has 0 aromatic heterocycles. The highest BCUT2D eigenvalue weighted by Gasteiger charge is 2.14. The van der Waals surface area contributed by atoms with Crippen LogP contribution in [-0.4, -0.2) is 19.2 Å². The Kier molecular flexibility index (Phi) is 4.35. The van der Waals surface area contributed by atoms with Crippen molar-refractivity contribution in [3.05, 3.63) is 65.2 Å². The summed E-state index contributed by atoms with van der Waals surface area (Å²) in [5.74, 6) is -1.78. The minimum atomic E-state index is -0.892. The van der Waals surface area contributed by atoms with E-state index in [9.17, 15) is 13.9 Å². The second kappa shape index (κ2) is 6.01. The predicted octanol–water partition coefficient (Wildman–Crippen LogP) is 3.31. The van der Waals surface area contributed by atoms with E-state index < -0.39 is 17.7 Å². The van der Waals surface area contributed by atoms with Gasteiger partial charge in [0.05, 0.1) is 6.10 Å². The van der Waals surface area contributed by atoms with E-state index in [0.29, 0.717) is 5.56 Å². The molecule has 0 bridgehead atoms. The lowest BCUT2D eigenvalue weighted by Crippen LogP contribution is -2.09. The van der Waals surface area contributed by atoms with Gasteiger partial charge in [-0.05, 0) is 29.3 Å². The molecule has 4 heteroatoms. The van der Waals surface area contributed by atoms with Crippen LogP contribution in [0.2, 0.25) is 0 Å². The summed E-state index contributed by atoms with van der Waals surface area (Å²) in [5.41, 5.74) is 1.87. The van der Waals surface area contributed by atoms with E-state index in [2.05, 4.69) is 0 Å².